The quantitative estimate of drug-likeness (QED) is 0.831. The molecule has 0 fully saturated rings. The maximum absolute atomic E-state index is 10.4. The molecule has 2 unspecified atom stereocenters. The summed E-state index contributed by atoms with van der Waals surface area (Å²) >= 11 is 0. The van der Waals surface area contributed by atoms with E-state index < -0.39 is 6.10 Å². The third-order valence-electron chi connectivity index (χ3n) is 3.35. The fourth-order valence-corrected chi connectivity index (χ4v) is 2.45. The van der Waals surface area contributed by atoms with E-state index in [1.54, 1.807) is 0 Å². The van der Waals surface area contributed by atoms with Gasteiger partial charge in [-0.05, 0) is 24.1 Å². The van der Waals surface area contributed by atoms with Crippen molar-refractivity contribution in [3.8, 4) is 5.75 Å². The SMILES string of the molecule is OC(c1cc[nH]c1)C1CCOc2ccccc21. The largest absolute Gasteiger partial charge is 0.493 e. The number of ether oxygens (including phenoxy) is 1. The predicted molar refractivity (Wildman–Crippen MR) is 65.0 cm³/mol. The predicted octanol–water partition coefficient (Wildman–Crippen LogP) is 2.61. The molecule has 0 bridgehead atoms. The first-order valence-corrected chi connectivity index (χ1v) is 5.89. The number of hydrogen-bond donors (Lipinski definition) is 2. The highest BCUT2D eigenvalue weighted by Crippen LogP contribution is 2.40. The van der Waals surface area contributed by atoms with Crippen LogP contribution >= 0.6 is 0 Å². The lowest BCUT2D eigenvalue weighted by atomic mass is 9.86. The number of nitrogens with one attached hydrogen (secondary N) is 1. The molecular formula is C14H15NO2. The van der Waals surface area contributed by atoms with E-state index in [4.69, 9.17) is 4.74 Å². The summed E-state index contributed by atoms with van der Waals surface area (Å²) in [5.41, 5.74) is 2.04. The highest BCUT2D eigenvalue weighted by atomic mass is 16.5. The third-order valence-corrected chi connectivity index (χ3v) is 3.35. The van der Waals surface area contributed by atoms with Gasteiger partial charge in [-0.1, -0.05) is 18.2 Å². The van der Waals surface area contributed by atoms with Crippen molar-refractivity contribution in [3.05, 3.63) is 53.9 Å². The highest BCUT2D eigenvalue weighted by molar-refractivity contribution is 5.39. The van der Waals surface area contributed by atoms with Crippen LogP contribution in [0.5, 0.6) is 5.75 Å². The van der Waals surface area contributed by atoms with Gasteiger partial charge in [0.05, 0.1) is 12.7 Å². The zero-order valence-electron chi connectivity index (χ0n) is 9.47. The summed E-state index contributed by atoms with van der Waals surface area (Å²) in [5, 5.41) is 10.4. The standard InChI is InChI=1S/C14H15NO2/c16-14(10-5-7-15-9-10)12-6-8-17-13-4-2-1-3-11(12)13/h1-5,7,9,12,14-16H,6,8H2. The monoisotopic (exact) mass is 229 g/mol. The minimum atomic E-state index is -0.466. The van der Waals surface area contributed by atoms with Crippen molar-refractivity contribution >= 4 is 0 Å². The Morgan fingerprint density at radius 2 is 2.18 bits per heavy atom. The molecule has 88 valence electrons. The highest BCUT2D eigenvalue weighted by Gasteiger charge is 2.28. The Bertz CT molecular complexity index is 493. The maximum atomic E-state index is 10.4. The minimum Gasteiger partial charge on any atom is -0.493 e. The van der Waals surface area contributed by atoms with Crippen LogP contribution in [0.4, 0.5) is 0 Å². The van der Waals surface area contributed by atoms with Crippen molar-refractivity contribution in [2.24, 2.45) is 0 Å². The smallest absolute Gasteiger partial charge is 0.122 e. The van der Waals surface area contributed by atoms with Gasteiger partial charge in [-0.25, -0.2) is 0 Å². The lowest BCUT2D eigenvalue weighted by Gasteiger charge is -2.29. The van der Waals surface area contributed by atoms with Crippen LogP contribution in [0.2, 0.25) is 0 Å². The van der Waals surface area contributed by atoms with E-state index in [-0.39, 0.29) is 5.92 Å². The molecule has 3 rings (SSSR count). The summed E-state index contributed by atoms with van der Waals surface area (Å²) in [6.45, 7) is 0.670. The molecule has 3 heteroatoms. The average Bonchev–Trinajstić information content (AvgIpc) is 2.91. The molecule has 1 aromatic carbocycles. The van der Waals surface area contributed by atoms with Gasteiger partial charge in [0.1, 0.15) is 5.75 Å². The van der Waals surface area contributed by atoms with Gasteiger partial charge < -0.3 is 14.8 Å². The van der Waals surface area contributed by atoms with Crippen LogP contribution in [-0.4, -0.2) is 16.7 Å². The maximum Gasteiger partial charge on any atom is 0.122 e. The molecule has 2 atom stereocenters. The molecule has 17 heavy (non-hydrogen) atoms. The molecule has 2 heterocycles. The molecule has 1 aliphatic heterocycles. The number of aromatic amines is 1. The third kappa shape index (κ3) is 1.83. The number of benzene rings is 1. The van der Waals surface area contributed by atoms with Gasteiger partial charge in [-0.15, -0.1) is 0 Å². The van der Waals surface area contributed by atoms with Gasteiger partial charge in [0, 0.05) is 23.9 Å². The number of H-pyrrole nitrogens is 1. The molecule has 0 spiro atoms. The van der Waals surface area contributed by atoms with E-state index >= 15 is 0 Å². The number of hydrogen-bond acceptors (Lipinski definition) is 2. The Morgan fingerprint density at radius 3 is 3.00 bits per heavy atom. The number of para-hydroxylation sites is 1. The van der Waals surface area contributed by atoms with E-state index in [0.717, 1.165) is 23.3 Å². The first-order valence-electron chi connectivity index (χ1n) is 5.89. The molecule has 0 saturated carbocycles. The first kappa shape index (κ1) is 10.4. The lowest BCUT2D eigenvalue weighted by molar-refractivity contribution is 0.117. The van der Waals surface area contributed by atoms with E-state index in [0.29, 0.717) is 6.61 Å². The molecule has 0 amide bonds. The Morgan fingerprint density at radius 1 is 1.29 bits per heavy atom. The van der Waals surface area contributed by atoms with Gasteiger partial charge in [0.15, 0.2) is 0 Å². The molecular weight excluding hydrogens is 214 g/mol. The molecule has 2 N–H and O–H groups in total. The van der Waals surface area contributed by atoms with Crippen LogP contribution in [0.3, 0.4) is 0 Å². The van der Waals surface area contributed by atoms with Crippen molar-refractivity contribution in [3.63, 3.8) is 0 Å². The molecule has 0 radical (unpaired) electrons. The van der Waals surface area contributed by atoms with Gasteiger partial charge in [0.25, 0.3) is 0 Å². The van der Waals surface area contributed by atoms with E-state index in [9.17, 15) is 5.11 Å². The number of fused-ring (bicyclic) bond motifs is 1. The summed E-state index contributed by atoms with van der Waals surface area (Å²) in [6.07, 6.45) is 4.07. The Labute approximate surface area is 100 Å². The molecule has 0 saturated heterocycles. The molecule has 1 aromatic heterocycles. The normalized spacial score (nSPS) is 20.4. The number of aliphatic hydroxyl groups excluding tert-OH is 1. The van der Waals surface area contributed by atoms with Gasteiger partial charge >= 0.3 is 0 Å². The van der Waals surface area contributed by atoms with Crippen LogP contribution < -0.4 is 4.74 Å². The first-order chi connectivity index (χ1) is 8.36. The van der Waals surface area contributed by atoms with Crippen LogP contribution in [-0.2, 0) is 0 Å². The van der Waals surface area contributed by atoms with Gasteiger partial charge in [-0.2, -0.15) is 0 Å². The summed E-state index contributed by atoms with van der Waals surface area (Å²) < 4.78 is 5.60. The van der Waals surface area contributed by atoms with Crippen LogP contribution in [0.1, 0.15) is 29.6 Å². The number of rotatable bonds is 2. The second kappa shape index (κ2) is 4.26. The zero-order valence-corrected chi connectivity index (χ0v) is 9.47. The molecule has 3 nitrogen and oxygen atoms in total. The van der Waals surface area contributed by atoms with Crippen LogP contribution in [0, 0.1) is 0 Å². The number of aliphatic hydroxyl groups is 1. The van der Waals surface area contributed by atoms with Crippen molar-refractivity contribution < 1.29 is 9.84 Å². The Hall–Kier alpha value is -1.74. The summed E-state index contributed by atoms with van der Waals surface area (Å²) in [5.74, 6) is 1.02. The summed E-state index contributed by atoms with van der Waals surface area (Å²) in [4.78, 5) is 2.98. The van der Waals surface area contributed by atoms with E-state index in [1.807, 2.05) is 42.7 Å². The minimum absolute atomic E-state index is 0.121. The lowest BCUT2D eigenvalue weighted by Crippen LogP contribution is -2.19. The topological polar surface area (TPSA) is 45.2 Å². The van der Waals surface area contributed by atoms with Gasteiger partial charge in [-0.3, -0.25) is 0 Å². The molecule has 2 aromatic rings. The van der Waals surface area contributed by atoms with Gasteiger partial charge in [0.2, 0.25) is 0 Å². The number of aromatic nitrogens is 1. The fraction of sp³-hybridized carbons (Fsp3) is 0.286. The fourth-order valence-electron chi connectivity index (χ4n) is 2.45. The van der Waals surface area contributed by atoms with Crippen LogP contribution in [0.25, 0.3) is 0 Å². The van der Waals surface area contributed by atoms with Crippen molar-refractivity contribution in [2.45, 2.75) is 18.4 Å². The molecule has 1 aliphatic rings. The average molecular weight is 229 g/mol. The second-order valence-corrected chi connectivity index (χ2v) is 4.37. The second-order valence-electron chi connectivity index (χ2n) is 4.37. The van der Waals surface area contributed by atoms with E-state index in [1.165, 1.54) is 0 Å². The van der Waals surface area contributed by atoms with Crippen molar-refractivity contribution in [1.82, 2.24) is 4.98 Å². The van der Waals surface area contributed by atoms with Crippen molar-refractivity contribution in [2.75, 3.05) is 6.61 Å². The van der Waals surface area contributed by atoms with E-state index in [2.05, 4.69) is 4.98 Å². The van der Waals surface area contributed by atoms with Crippen molar-refractivity contribution in [1.29, 1.82) is 0 Å². The zero-order chi connectivity index (χ0) is 11.7. The Kier molecular flexibility index (Phi) is 2.61. The summed E-state index contributed by atoms with van der Waals surface area (Å²) in [6, 6.07) is 9.87. The van der Waals surface area contributed by atoms with Crippen LogP contribution in [0.15, 0.2) is 42.7 Å². The summed E-state index contributed by atoms with van der Waals surface area (Å²) in [7, 11) is 0. The Balaban J connectivity index is 1.95. The molecule has 0 aliphatic carbocycles.